The highest BCUT2D eigenvalue weighted by atomic mass is 79.9. The zero-order chi connectivity index (χ0) is 16.1. The summed E-state index contributed by atoms with van der Waals surface area (Å²) in [5.41, 5.74) is 0.521. The third kappa shape index (κ3) is 4.61. The average Bonchev–Trinajstić information content (AvgIpc) is 2.47. The van der Waals surface area contributed by atoms with Crippen molar-refractivity contribution >= 4 is 39.5 Å². The molecular weight excluding hydrogens is 372 g/mol. The summed E-state index contributed by atoms with van der Waals surface area (Å²) in [6, 6.07) is 5.15. The molecule has 2 amide bonds. The van der Waals surface area contributed by atoms with E-state index < -0.39 is 0 Å². The normalized spacial score (nSPS) is 15.5. The Morgan fingerprint density at radius 2 is 2.05 bits per heavy atom. The lowest BCUT2D eigenvalue weighted by atomic mass is 10.0. The average molecular weight is 390 g/mol. The van der Waals surface area contributed by atoms with E-state index in [9.17, 15) is 9.59 Å². The van der Waals surface area contributed by atoms with Crippen molar-refractivity contribution in [3.63, 3.8) is 0 Å². The van der Waals surface area contributed by atoms with Gasteiger partial charge in [0.2, 0.25) is 0 Å². The molecule has 0 spiro atoms. The zero-order valence-corrected chi connectivity index (χ0v) is 14.6. The molecule has 1 N–H and O–H groups in total. The van der Waals surface area contributed by atoms with Crippen LogP contribution in [0, 0.1) is 0 Å². The molecular formula is C15H18BrClN2O3. The van der Waals surface area contributed by atoms with Crippen LogP contribution >= 0.6 is 27.5 Å². The molecule has 1 aliphatic heterocycles. The van der Waals surface area contributed by atoms with Gasteiger partial charge in [0.25, 0.3) is 5.91 Å². The highest BCUT2D eigenvalue weighted by molar-refractivity contribution is 9.10. The standard InChI is InChI=1S/C15H18BrClN2O3/c1-2-22-15(21)19-5-3-13(4-6-19)18-14(20)10-7-11(16)9-12(17)8-10/h7-9,13H,2-6H2,1H3,(H,18,20). The number of ether oxygens (including phenoxy) is 1. The number of halogens is 2. The monoisotopic (exact) mass is 388 g/mol. The first kappa shape index (κ1) is 17.1. The molecule has 0 unspecified atom stereocenters. The molecule has 2 rings (SSSR count). The van der Waals surface area contributed by atoms with Gasteiger partial charge in [0.15, 0.2) is 0 Å². The van der Waals surface area contributed by atoms with Crippen LogP contribution in [-0.2, 0) is 4.74 Å². The summed E-state index contributed by atoms with van der Waals surface area (Å²) in [5.74, 6) is -0.155. The minimum absolute atomic E-state index is 0.0518. The first-order valence-corrected chi connectivity index (χ1v) is 8.35. The fourth-order valence-electron chi connectivity index (χ4n) is 2.37. The molecule has 22 heavy (non-hydrogen) atoms. The molecule has 5 nitrogen and oxygen atoms in total. The van der Waals surface area contributed by atoms with Gasteiger partial charge >= 0.3 is 6.09 Å². The summed E-state index contributed by atoms with van der Waals surface area (Å²) in [5, 5.41) is 3.49. The fourth-order valence-corrected chi connectivity index (χ4v) is 3.23. The maximum atomic E-state index is 12.2. The molecule has 1 saturated heterocycles. The van der Waals surface area contributed by atoms with Gasteiger partial charge in [-0.3, -0.25) is 4.79 Å². The summed E-state index contributed by atoms with van der Waals surface area (Å²) in [4.78, 5) is 25.5. The van der Waals surface area contributed by atoms with Crippen LogP contribution in [-0.4, -0.2) is 42.6 Å². The molecule has 1 aromatic carbocycles. The van der Waals surface area contributed by atoms with E-state index in [1.807, 2.05) is 0 Å². The lowest BCUT2D eigenvalue weighted by molar-refractivity contribution is 0.0860. The minimum Gasteiger partial charge on any atom is -0.450 e. The van der Waals surface area contributed by atoms with Crippen LogP contribution in [0.2, 0.25) is 5.02 Å². The summed E-state index contributed by atoms with van der Waals surface area (Å²) in [6.07, 6.45) is 1.14. The number of nitrogens with zero attached hydrogens (tertiary/aromatic N) is 1. The largest absolute Gasteiger partial charge is 0.450 e. The molecule has 120 valence electrons. The number of piperidine rings is 1. The van der Waals surface area contributed by atoms with Gasteiger partial charge in [-0.2, -0.15) is 0 Å². The minimum atomic E-state index is -0.286. The maximum absolute atomic E-state index is 12.2. The number of hydrogen-bond acceptors (Lipinski definition) is 3. The van der Waals surface area contributed by atoms with E-state index in [1.165, 1.54) is 0 Å². The predicted molar refractivity (Wildman–Crippen MR) is 88.2 cm³/mol. The number of amides is 2. The van der Waals surface area contributed by atoms with Crippen LogP contribution in [0.4, 0.5) is 4.79 Å². The third-order valence-electron chi connectivity index (χ3n) is 3.48. The number of rotatable bonds is 3. The van der Waals surface area contributed by atoms with Crippen molar-refractivity contribution in [3.05, 3.63) is 33.3 Å². The summed E-state index contributed by atoms with van der Waals surface area (Å²) < 4.78 is 5.74. The van der Waals surface area contributed by atoms with Gasteiger partial charge in [0.05, 0.1) is 6.61 Å². The Hall–Kier alpha value is -1.27. The molecule has 1 heterocycles. The first-order chi connectivity index (χ1) is 10.5. The first-order valence-electron chi connectivity index (χ1n) is 7.18. The molecule has 0 radical (unpaired) electrons. The number of carbonyl (C=O) groups is 2. The lowest BCUT2D eigenvalue weighted by Crippen LogP contribution is -2.46. The van der Waals surface area contributed by atoms with Crippen molar-refractivity contribution in [1.82, 2.24) is 10.2 Å². The second kappa shape index (κ2) is 7.83. The number of carbonyl (C=O) groups excluding carboxylic acids is 2. The van der Waals surface area contributed by atoms with E-state index in [0.29, 0.717) is 43.1 Å². The van der Waals surface area contributed by atoms with E-state index in [1.54, 1.807) is 30.0 Å². The number of nitrogens with one attached hydrogen (secondary N) is 1. The second-order valence-electron chi connectivity index (χ2n) is 5.09. The fraction of sp³-hybridized carbons (Fsp3) is 0.467. The van der Waals surface area contributed by atoms with Gasteiger partial charge < -0.3 is 15.0 Å². The molecule has 7 heteroatoms. The van der Waals surface area contributed by atoms with Gasteiger partial charge in [-0.25, -0.2) is 4.79 Å². The van der Waals surface area contributed by atoms with Crippen molar-refractivity contribution in [2.24, 2.45) is 0 Å². The predicted octanol–water partition coefficient (Wildman–Crippen LogP) is 3.45. The van der Waals surface area contributed by atoms with Gasteiger partial charge in [0, 0.05) is 34.2 Å². The van der Waals surface area contributed by atoms with Crippen molar-refractivity contribution in [2.75, 3.05) is 19.7 Å². The highest BCUT2D eigenvalue weighted by Gasteiger charge is 2.24. The van der Waals surface area contributed by atoms with E-state index >= 15 is 0 Å². The molecule has 0 saturated carbocycles. The van der Waals surface area contributed by atoms with Gasteiger partial charge in [-0.05, 0) is 38.0 Å². The maximum Gasteiger partial charge on any atom is 0.409 e. The molecule has 0 atom stereocenters. The second-order valence-corrected chi connectivity index (χ2v) is 6.44. The zero-order valence-electron chi connectivity index (χ0n) is 12.3. The van der Waals surface area contributed by atoms with Crippen LogP contribution in [0.5, 0.6) is 0 Å². The Bertz CT molecular complexity index is 539. The van der Waals surface area contributed by atoms with Crippen molar-refractivity contribution in [3.8, 4) is 0 Å². The Labute approximate surface area is 143 Å². The Morgan fingerprint density at radius 1 is 1.36 bits per heavy atom. The smallest absolute Gasteiger partial charge is 0.409 e. The van der Waals surface area contributed by atoms with Gasteiger partial charge in [-0.15, -0.1) is 0 Å². The highest BCUT2D eigenvalue weighted by Crippen LogP contribution is 2.20. The quantitative estimate of drug-likeness (QED) is 0.861. The number of benzene rings is 1. The molecule has 1 aliphatic rings. The lowest BCUT2D eigenvalue weighted by Gasteiger charge is -2.31. The molecule has 1 aromatic rings. The Balaban J connectivity index is 1.88. The SMILES string of the molecule is CCOC(=O)N1CCC(NC(=O)c2cc(Cl)cc(Br)c2)CC1. The van der Waals surface area contributed by atoms with Crippen LogP contribution in [0.15, 0.2) is 22.7 Å². The summed E-state index contributed by atoms with van der Waals surface area (Å²) >= 11 is 9.28. The Kier molecular flexibility index (Phi) is 6.08. The van der Waals surface area contributed by atoms with Crippen molar-refractivity contribution in [1.29, 1.82) is 0 Å². The summed E-state index contributed by atoms with van der Waals surface area (Å²) in [6.45, 7) is 3.33. The van der Waals surface area contributed by atoms with Gasteiger partial charge in [-0.1, -0.05) is 27.5 Å². The van der Waals surface area contributed by atoms with Crippen LogP contribution < -0.4 is 5.32 Å². The van der Waals surface area contributed by atoms with E-state index in [2.05, 4.69) is 21.2 Å². The van der Waals surface area contributed by atoms with Crippen LogP contribution in [0.3, 0.4) is 0 Å². The van der Waals surface area contributed by atoms with E-state index in [-0.39, 0.29) is 18.0 Å². The molecule has 0 bridgehead atoms. The van der Waals surface area contributed by atoms with E-state index in [0.717, 1.165) is 4.47 Å². The number of hydrogen-bond donors (Lipinski definition) is 1. The third-order valence-corrected chi connectivity index (χ3v) is 4.16. The topological polar surface area (TPSA) is 58.6 Å². The van der Waals surface area contributed by atoms with Crippen molar-refractivity contribution < 1.29 is 14.3 Å². The molecule has 0 aliphatic carbocycles. The van der Waals surface area contributed by atoms with Gasteiger partial charge in [0.1, 0.15) is 0 Å². The number of likely N-dealkylation sites (tertiary alicyclic amines) is 1. The summed E-state index contributed by atoms with van der Waals surface area (Å²) in [7, 11) is 0. The van der Waals surface area contributed by atoms with E-state index in [4.69, 9.17) is 16.3 Å². The molecule has 0 aromatic heterocycles. The molecule has 1 fully saturated rings. The Morgan fingerprint density at radius 3 is 2.64 bits per heavy atom. The van der Waals surface area contributed by atoms with Crippen LogP contribution in [0.1, 0.15) is 30.1 Å². The van der Waals surface area contributed by atoms with Crippen molar-refractivity contribution in [2.45, 2.75) is 25.8 Å². The van der Waals surface area contributed by atoms with Crippen LogP contribution in [0.25, 0.3) is 0 Å².